The van der Waals surface area contributed by atoms with Crippen LogP contribution < -0.4 is 4.90 Å². The van der Waals surface area contributed by atoms with Crippen LogP contribution in [0.1, 0.15) is 23.3 Å². The zero-order chi connectivity index (χ0) is 52.1. The minimum atomic E-state index is -0.896. The van der Waals surface area contributed by atoms with E-state index in [2.05, 4.69) is 4.57 Å². The van der Waals surface area contributed by atoms with Gasteiger partial charge in [-0.2, -0.15) is 0 Å². The van der Waals surface area contributed by atoms with Crippen molar-refractivity contribution in [3.8, 4) is 50.2 Å². The number of hydrogen-bond acceptors (Lipinski definition) is 1. The normalized spacial score (nSPS) is 15.5. The summed E-state index contributed by atoms with van der Waals surface area (Å²) in [6.07, 6.45) is 0. The molecule has 1 aromatic heterocycles. The zero-order valence-electron chi connectivity index (χ0n) is 46.5. The maximum Gasteiger partial charge on any atom is 0.0645 e. The Morgan fingerprint density at radius 2 is 0.911 bits per heavy atom. The molecule has 0 saturated carbocycles. The molecule has 9 aromatic carbocycles. The van der Waals surface area contributed by atoms with Crippen LogP contribution in [0.25, 0.3) is 72.0 Å². The van der Waals surface area contributed by atoms with Gasteiger partial charge in [-0.15, -0.1) is 0 Å². The van der Waals surface area contributed by atoms with Gasteiger partial charge in [0.25, 0.3) is 0 Å². The minimum Gasteiger partial charge on any atom is -0.310 e. The summed E-state index contributed by atoms with van der Waals surface area (Å²) in [6, 6.07) is 25.7. The average Bonchev–Trinajstić information content (AvgIpc) is 3.74. The Hall–Kier alpha value is -7.42. The van der Waals surface area contributed by atoms with Gasteiger partial charge in [-0.1, -0.05) is 170 Å². The number of aromatic nitrogens is 1. The van der Waals surface area contributed by atoms with Gasteiger partial charge in [0.1, 0.15) is 0 Å². The van der Waals surface area contributed by atoms with Crippen molar-refractivity contribution >= 4 is 38.9 Å². The molecule has 0 bridgehead atoms. The SMILES string of the molecule is [2H]c1c([2H])c([2H])c(-c2c([2H])c([2H])c(-c3c([2H])c([2H])c([2H])c([2H])c3N(c3ccc(-c4ccccc4)cc3)c3c([2H])c([2H])c(-c4ccc5c(c4)c4ccccc4n5-c4ccccc4)c([2H])c3[2H])c([2H])c2[2H])c([2H])c1[2H]. The van der Waals surface area contributed by atoms with E-state index >= 15 is 0 Å². The number of benzene rings is 9. The van der Waals surface area contributed by atoms with Gasteiger partial charge >= 0.3 is 0 Å². The van der Waals surface area contributed by atoms with Crippen LogP contribution in [0, 0.1) is 0 Å². The van der Waals surface area contributed by atoms with Crippen molar-refractivity contribution in [2.75, 3.05) is 4.90 Å². The predicted octanol–water partition coefficient (Wildman–Crippen LogP) is 14.9. The van der Waals surface area contributed by atoms with E-state index in [1.807, 2.05) is 97.1 Å². The van der Waals surface area contributed by atoms with E-state index in [0.717, 1.165) is 38.0 Å². The van der Waals surface area contributed by atoms with E-state index in [1.54, 1.807) is 30.3 Å². The van der Waals surface area contributed by atoms with E-state index < -0.39 is 136 Å². The molecule has 0 radical (unpaired) electrons. The number of anilines is 3. The van der Waals surface area contributed by atoms with Gasteiger partial charge in [0, 0.05) is 33.4 Å². The van der Waals surface area contributed by atoms with Crippen molar-refractivity contribution in [1.82, 2.24) is 4.57 Å². The van der Waals surface area contributed by atoms with Crippen molar-refractivity contribution in [3.63, 3.8) is 0 Å². The van der Waals surface area contributed by atoms with E-state index in [1.165, 1.54) is 0 Å². The molecule has 2 nitrogen and oxygen atoms in total. The summed E-state index contributed by atoms with van der Waals surface area (Å²) in [6.45, 7) is 0. The standard InChI is InChI=1S/C54H38N2/c1-4-14-39(15-5-1)41-24-26-44(27-25-41)49-20-10-12-22-52(49)55(47-33-28-42(29-34-47)40-16-6-2-7-17-40)48-35-30-43(31-36-48)45-32-37-54-51(38-45)50-21-11-13-23-53(50)56(54)46-18-8-3-9-19-46/h1-38H/i1D,4D,5D,10D,12D,14D,15D,20D,22D,24D,25D,26D,27D,30D,31D,35D,36D. The third kappa shape index (κ3) is 6.14. The Labute approximate surface area is 351 Å². The summed E-state index contributed by atoms with van der Waals surface area (Å²) in [5.41, 5.74) is 0.965. The van der Waals surface area contributed by atoms with Crippen molar-refractivity contribution < 1.29 is 23.3 Å². The fourth-order valence-electron chi connectivity index (χ4n) is 6.94. The second-order valence-electron chi connectivity index (χ2n) is 12.9. The van der Waals surface area contributed by atoms with Gasteiger partial charge in [0.05, 0.1) is 40.0 Å². The van der Waals surface area contributed by atoms with E-state index in [-0.39, 0.29) is 11.3 Å². The van der Waals surface area contributed by atoms with Crippen LogP contribution in [0.5, 0.6) is 0 Å². The molecular formula is C54H38N2. The van der Waals surface area contributed by atoms with Crippen LogP contribution in [0.3, 0.4) is 0 Å². The molecule has 264 valence electrons. The van der Waals surface area contributed by atoms with Gasteiger partial charge in [0.15, 0.2) is 0 Å². The maximum absolute atomic E-state index is 9.76. The predicted molar refractivity (Wildman–Crippen MR) is 237 cm³/mol. The van der Waals surface area contributed by atoms with Crippen LogP contribution in [-0.4, -0.2) is 4.57 Å². The molecule has 10 rings (SSSR count). The highest BCUT2D eigenvalue weighted by Crippen LogP contribution is 2.43. The quantitative estimate of drug-likeness (QED) is 0.151. The molecule has 10 aromatic rings. The van der Waals surface area contributed by atoms with Crippen LogP contribution in [-0.2, 0) is 0 Å². The first-order valence-corrected chi connectivity index (χ1v) is 17.8. The number of hydrogen-bond donors (Lipinski definition) is 0. The zero-order valence-corrected chi connectivity index (χ0v) is 29.5. The topological polar surface area (TPSA) is 8.17 Å². The highest BCUT2D eigenvalue weighted by Gasteiger charge is 2.18. The van der Waals surface area contributed by atoms with Crippen LogP contribution in [0.2, 0.25) is 0 Å². The summed E-state index contributed by atoms with van der Waals surface area (Å²) in [4.78, 5) is 1.11. The molecule has 0 atom stereocenters. The van der Waals surface area contributed by atoms with Crippen LogP contribution >= 0.6 is 0 Å². The Kier molecular flexibility index (Phi) is 5.10. The molecule has 0 spiro atoms. The molecule has 0 unspecified atom stereocenters. The van der Waals surface area contributed by atoms with Crippen molar-refractivity contribution in [2.45, 2.75) is 0 Å². The van der Waals surface area contributed by atoms with Gasteiger partial charge < -0.3 is 9.47 Å². The smallest absolute Gasteiger partial charge is 0.0645 e. The molecular weight excluding hydrogens is 677 g/mol. The highest BCUT2D eigenvalue weighted by atomic mass is 15.1. The van der Waals surface area contributed by atoms with E-state index in [4.69, 9.17) is 9.60 Å². The Morgan fingerprint density at radius 1 is 0.357 bits per heavy atom. The molecule has 56 heavy (non-hydrogen) atoms. The third-order valence-electron chi connectivity index (χ3n) is 9.56. The van der Waals surface area contributed by atoms with Gasteiger partial charge in [-0.25, -0.2) is 0 Å². The van der Waals surface area contributed by atoms with E-state index in [9.17, 15) is 13.7 Å². The maximum atomic E-state index is 9.76. The summed E-state index contributed by atoms with van der Waals surface area (Å²) >= 11 is 0. The minimum absolute atomic E-state index is 0.0606. The Morgan fingerprint density at radius 3 is 1.68 bits per heavy atom. The first kappa shape index (κ1) is 19.8. The fraction of sp³-hybridized carbons (Fsp3) is 0. The molecule has 0 amide bonds. The van der Waals surface area contributed by atoms with Crippen molar-refractivity contribution in [3.05, 3.63) is 230 Å². The molecule has 1 heterocycles. The molecule has 2 heteroatoms. The molecule has 0 saturated heterocycles. The Bertz CT molecular complexity index is 3850. The number of rotatable bonds is 8. The fourth-order valence-corrected chi connectivity index (χ4v) is 6.94. The number of fused-ring (bicyclic) bond motifs is 3. The summed E-state index contributed by atoms with van der Waals surface area (Å²) < 4.78 is 157. The molecule has 0 N–H and O–H groups in total. The number of para-hydroxylation sites is 3. The number of nitrogens with zero attached hydrogens (tertiary/aromatic N) is 2. The van der Waals surface area contributed by atoms with Crippen LogP contribution in [0.4, 0.5) is 17.1 Å². The molecule has 0 fully saturated rings. The summed E-state index contributed by atoms with van der Waals surface area (Å²) in [5, 5.41) is 1.65. The Balaban J connectivity index is 1.25. The lowest BCUT2D eigenvalue weighted by molar-refractivity contribution is 1.18. The monoisotopic (exact) mass is 731 g/mol. The second-order valence-corrected chi connectivity index (χ2v) is 12.9. The van der Waals surface area contributed by atoms with Crippen molar-refractivity contribution in [1.29, 1.82) is 0 Å². The highest BCUT2D eigenvalue weighted by molar-refractivity contribution is 6.10. The second kappa shape index (κ2) is 14.4. The molecule has 0 aliphatic carbocycles. The first-order valence-electron chi connectivity index (χ1n) is 26.3. The summed E-state index contributed by atoms with van der Waals surface area (Å²) in [5.74, 6) is 0. The van der Waals surface area contributed by atoms with Gasteiger partial charge in [-0.05, 0) is 99.5 Å². The van der Waals surface area contributed by atoms with Crippen molar-refractivity contribution in [2.24, 2.45) is 0 Å². The van der Waals surface area contributed by atoms with Crippen LogP contribution in [0.15, 0.2) is 230 Å². The molecule has 0 aliphatic rings. The first-order chi connectivity index (χ1) is 34.9. The lowest BCUT2D eigenvalue weighted by Crippen LogP contribution is -2.11. The molecule has 0 aliphatic heterocycles. The van der Waals surface area contributed by atoms with E-state index in [0.29, 0.717) is 11.1 Å². The van der Waals surface area contributed by atoms with Gasteiger partial charge in [0.2, 0.25) is 0 Å². The lowest BCUT2D eigenvalue weighted by Gasteiger charge is -2.28. The van der Waals surface area contributed by atoms with Gasteiger partial charge in [-0.3, -0.25) is 0 Å². The largest absolute Gasteiger partial charge is 0.310 e. The summed E-state index contributed by atoms with van der Waals surface area (Å²) in [7, 11) is 0. The average molecular weight is 732 g/mol. The lowest BCUT2D eigenvalue weighted by atomic mass is 9.98. The third-order valence-corrected chi connectivity index (χ3v) is 9.56.